The molecule has 0 atom stereocenters. The first kappa shape index (κ1) is 9.26. The number of hydrogen-bond donors (Lipinski definition) is 2. The minimum atomic E-state index is -4.41. The largest absolute Gasteiger partial charge is 0.524 e. The molecule has 0 saturated carbocycles. The van der Waals surface area contributed by atoms with E-state index in [1.165, 1.54) is 6.07 Å². The van der Waals surface area contributed by atoms with E-state index in [-0.39, 0.29) is 5.75 Å². The highest BCUT2D eigenvalue weighted by Gasteiger charge is 2.15. The summed E-state index contributed by atoms with van der Waals surface area (Å²) >= 11 is 0. The molecule has 0 unspecified atom stereocenters. The second-order valence-corrected chi connectivity index (χ2v) is 3.56. The number of hydrogen-bond acceptors (Lipinski definition) is 2. The summed E-state index contributed by atoms with van der Waals surface area (Å²) in [5, 5.41) is 0. The Bertz CT molecular complexity index is 317. The summed E-state index contributed by atoms with van der Waals surface area (Å²) in [7, 11) is -4.41. The van der Waals surface area contributed by atoms with Gasteiger partial charge in [0.2, 0.25) is 0 Å². The van der Waals surface area contributed by atoms with Crippen LogP contribution in [0, 0.1) is 6.92 Å². The fourth-order valence-corrected chi connectivity index (χ4v) is 1.20. The monoisotopic (exact) mass is 188 g/mol. The molecule has 66 valence electrons. The van der Waals surface area contributed by atoms with E-state index in [2.05, 4.69) is 4.52 Å². The summed E-state index contributed by atoms with van der Waals surface area (Å²) in [6.07, 6.45) is 0. The Kier molecular flexibility index (Phi) is 2.52. The van der Waals surface area contributed by atoms with Crippen molar-refractivity contribution < 1.29 is 18.9 Å². The number of rotatable bonds is 2. The Hall–Kier alpha value is -0.830. The van der Waals surface area contributed by atoms with Gasteiger partial charge in [-0.2, -0.15) is 0 Å². The standard InChI is InChI=1S/C7H9O4P/c1-6-3-2-4-7(5-6)11-12(8,9)10/h2-5H,1H3,(H2,8,9,10). The number of aryl methyl sites for hydroxylation is 1. The van der Waals surface area contributed by atoms with Gasteiger partial charge in [-0.25, -0.2) is 4.57 Å². The highest BCUT2D eigenvalue weighted by atomic mass is 31.2. The molecule has 0 amide bonds. The average Bonchev–Trinajstić information content (AvgIpc) is 1.82. The van der Waals surface area contributed by atoms with Gasteiger partial charge in [-0.3, -0.25) is 9.79 Å². The van der Waals surface area contributed by atoms with E-state index in [0.29, 0.717) is 0 Å². The van der Waals surface area contributed by atoms with Gasteiger partial charge in [0.1, 0.15) is 5.75 Å². The minimum Gasteiger partial charge on any atom is -0.404 e. The molecule has 0 radical (unpaired) electrons. The maximum absolute atomic E-state index is 10.4. The van der Waals surface area contributed by atoms with Crippen LogP contribution in [0.1, 0.15) is 5.56 Å². The lowest BCUT2D eigenvalue weighted by Gasteiger charge is -2.06. The molecule has 1 aromatic rings. The molecule has 0 bridgehead atoms. The smallest absolute Gasteiger partial charge is 0.404 e. The fraction of sp³-hybridized carbons (Fsp3) is 0.143. The molecule has 2 N–H and O–H groups in total. The van der Waals surface area contributed by atoms with Crippen molar-refractivity contribution in [3.63, 3.8) is 0 Å². The van der Waals surface area contributed by atoms with Crippen LogP contribution in [0.15, 0.2) is 24.3 Å². The molecule has 5 heteroatoms. The number of phosphoric ester groups is 1. The van der Waals surface area contributed by atoms with E-state index in [4.69, 9.17) is 9.79 Å². The van der Waals surface area contributed by atoms with E-state index in [0.717, 1.165) is 5.56 Å². The van der Waals surface area contributed by atoms with Gasteiger partial charge in [0.25, 0.3) is 0 Å². The zero-order chi connectivity index (χ0) is 9.19. The van der Waals surface area contributed by atoms with Crippen LogP contribution in [0.2, 0.25) is 0 Å². The quantitative estimate of drug-likeness (QED) is 0.689. The highest BCUT2D eigenvalue weighted by Crippen LogP contribution is 2.37. The summed E-state index contributed by atoms with van der Waals surface area (Å²) in [5.74, 6) is 0.184. The second kappa shape index (κ2) is 3.27. The van der Waals surface area contributed by atoms with Gasteiger partial charge in [0, 0.05) is 0 Å². The Morgan fingerprint density at radius 2 is 2.08 bits per heavy atom. The molecular weight excluding hydrogens is 179 g/mol. The third-order valence-corrected chi connectivity index (χ3v) is 1.66. The fourth-order valence-electron chi connectivity index (χ4n) is 0.809. The summed E-state index contributed by atoms with van der Waals surface area (Å²) in [6.45, 7) is 1.81. The topological polar surface area (TPSA) is 66.8 Å². The van der Waals surface area contributed by atoms with Gasteiger partial charge in [-0.15, -0.1) is 0 Å². The molecule has 0 fully saturated rings. The molecule has 4 nitrogen and oxygen atoms in total. The molecule has 0 aromatic heterocycles. The number of phosphoric acid groups is 1. The second-order valence-electron chi connectivity index (χ2n) is 2.40. The van der Waals surface area contributed by atoms with Crippen molar-refractivity contribution in [3.8, 4) is 5.75 Å². The zero-order valence-corrected chi connectivity index (χ0v) is 7.36. The van der Waals surface area contributed by atoms with Crippen LogP contribution in [0.25, 0.3) is 0 Å². The molecule has 0 spiro atoms. The maximum atomic E-state index is 10.4. The first-order valence-corrected chi connectivity index (χ1v) is 4.82. The molecule has 12 heavy (non-hydrogen) atoms. The molecule has 0 heterocycles. The van der Waals surface area contributed by atoms with E-state index in [1.807, 2.05) is 13.0 Å². The van der Waals surface area contributed by atoms with Gasteiger partial charge in [0.05, 0.1) is 0 Å². The molecule has 0 aliphatic carbocycles. The first-order valence-electron chi connectivity index (χ1n) is 3.29. The van der Waals surface area contributed by atoms with Crippen molar-refractivity contribution in [2.75, 3.05) is 0 Å². The Balaban J connectivity index is 2.84. The predicted molar refractivity (Wildman–Crippen MR) is 43.9 cm³/mol. The lowest BCUT2D eigenvalue weighted by molar-refractivity contribution is 0.283. The molecular formula is C7H9O4P. The van der Waals surface area contributed by atoms with Crippen molar-refractivity contribution in [2.45, 2.75) is 6.92 Å². The van der Waals surface area contributed by atoms with E-state index < -0.39 is 7.82 Å². The van der Waals surface area contributed by atoms with Gasteiger partial charge < -0.3 is 4.52 Å². The van der Waals surface area contributed by atoms with Crippen molar-refractivity contribution in [1.82, 2.24) is 0 Å². The van der Waals surface area contributed by atoms with Gasteiger partial charge in [0.15, 0.2) is 0 Å². The highest BCUT2D eigenvalue weighted by molar-refractivity contribution is 7.46. The Labute approximate surface area is 70.0 Å². The number of benzene rings is 1. The lowest BCUT2D eigenvalue weighted by Crippen LogP contribution is -1.89. The van der Waals surface area contributed by atoms with Gasteiger partial charge >= 0.3 is 7.82 Å². The zero-order valence-electron chi connectivity index (χ0n) is 6.47. The third kappa shape index (κ3) is 3.05. The van der Waals surface area contributed by atoms with E-state index in [1.54, 1.807) is 12.1 Å². The van der Waals surface area contributed by atoms with Crippen molar-refractivity contribution >= 4 is 7.82 Å². The van der Waals surface area contributed by atoms with Crippen molar-refractivity contribution in [1.29, 1.82) is 0 Å². The summed E-state index contributed by atoms with van der Waals surface area (Å²) in [4.78, 5) is 16.9. The minimum absolute atomic E-state index is 0.184. The van der Waals surface area contributed by atoms with Crippen LogP contribution in [-0.4, -0.2) is 9.79 Å². The normalized spacial score (nSPS) is 11.2. The third-order valence-electron chi connectivity index (χ3n) is 1.21. The van der Waals surface area contributed by atoms with E-state index >= 15 is 0 Å². The SMILES string of the molecule is Cc1cccc(OP(=O)(O)O)c1. The lowest BCUT2D eigenvalue weighted by atomic mass is 10.2. The molecule has 0 aliphatic heterocycles. The summed E-state index contributed by atoms with van der Waals surface area (Å²) in [6, 6.07) is 6.53. The van der Waals surface area contributed by atoms with Crippen LogP contribution in [0.5, 0.6) is 5.75 Å². The van der Waals surface area contributed by atoms with Gasteiger partial charge in [-0.1, -0.05) is 12.1 Å². The Morgan fingerprint density at radius 3 is 2.58 bits per heavy atom. The van der Waals surface area contributed by atoms with Crippen LogP contribution in [-0.2, 0) is 4.57 Å². The van der Waals surface area contributed by atoms with Crippen molar-refractivity contribution in [2.24, 2.45) is 0 Å². The molecule has 0 aliphatic rings. The molecule has 1 rings (SSSR count). The average molecular weight is 188 g/mol. The predicted octanol–water partition coefficient (Wildman–Crippen LogP) is 1.47. The van der Waals surface area contributed by atoms with E-state index in [9.17, 15) is 4.57 Å². The molecule has 0 saturated heterocycles. The first-order chi connectivity index (χ1) is 5.47. The van der Waals surface area contributed by atoms with Crippen molar-refractivity contribution in [3.05, 3.63) is 29.8 Å². The van der Waals surface area contributed by atoms with Crippen LogP contribution < -0.4 is 4.52 Å². The Morgan fingerprint density at radius 1 is 1.42 bits per heavy atom. The van der Waals surface area contributed by atoms with Crippen LogP contribution in [0.3, 0.4) is 0 Å². The molecule has 1 aromatic carbocycles. The van der Waals surface area contributed by atoms with Crippen LogP contribution >= 0.6 is 7.82 Å². The summed E-state index contributed by atoms with van der Waals surface area (Å²) in [5.41, 5.74) is 0.890. The summed E-state index contributed by atoms with van der Waals surface area (Å²) < 4.78 is 14.7. The maximum Gasteiger partial charge on any atom is 0.524 e. The van der Waals surface area contributed by atoms with Crippen LogP contribution in [0.4, 0.5) is 0 Å². The van der Waals surface area contributed by atoms with Gasteiger partial charge in [-0.05, 0) is 24.6 Å².